The van der Waals surface area contributed by atoms with Crippen LogP contribution in [0.25, 0.3) is 0 Å². The summed E-state index contributed by atoms with van der Waals surface area (Å²) in [7, 11) is -3.52. The first-order valence-corrected chi connectivity index (χ1v) is 9.69. The lowest BCUT2D eigenvalue weighted by Gasteiger charge is -2.25. The zero-order valence-corrected chi connectivity index (χ0v) is 14.8. The fourth-order valence-corrected chi connectivity index (χ4v) is 3.16. The molecule has 8 heteroatoms. The third kappa shape index (κ3) is 5.01. The van der Waals surface area contributed by atoms with E-state index in [1.807, 2.05) is 35.2 Å². The summed E-state index contributed by atoms with van der Waals surface area (Å²) in [6, 6.07) is 13.6. The van der Waals surface area contributed by atoms with Crippen molar-refractivity contribution in [1.29, 1.82) is 0 Å². The Morgan fingerprint density at radius 1 is 1.16 bits per heavy atom. The number of nitrogens with two attached hydrogens (primary N) is 1. The Balaban J connectivity index is 2.46. The first kappa shape index (κ1) is 18.9. The number of nitrogens with zero attached hydrogens (tertiary/aromatic N) is 2. The molecule has 2 aromatic carbocycles. The van der Waals surface area contributed by atoms with Crippen LogP contribution >= 0.6 is 0 Å². The maximum atomic E-state index is 11.7. The number of rotatable bonds is 8. The second-order valence-corrected chi connectivity index (χ2v) is 7.74. The average Bonchev–Trinajstić information content (AvgIpc) is 2.58. The van der Waals surface area contributed by atoms with Crippen molar-refractivity contribution >= 4 is 21.2 Å². The minimum atomic E-state index is -3.52. The van der Waals surface area contributed by atoms with Crippen molar-refractivity contribution in [2.24, 2.45) is 5.73 Å². The summed E-state index contributed by atoms with van der Waals surface area (Å²) >= 11 is 0. The van der Waals surface area contributed by atoms with E-state index < -0.39 is 14.8 Å². The van der Waals surface area contributed by atoms with Crippen molar-refractivity contribution in [3.8, 4) is 0 Å². The predicted octanol–water partition coefficient (Wildman–Crippen LogP) is 2.35. The summed E-state index contributed by atoms with van der Waals surface area (Å²) in [6.45, 7) is 1.46. The first-order valence-electron chi connectivity index (χ1n) is 7.80. The molecular weight excluding hydrogens is 342 g/mol. The summed E-state index contributed by atoms with van der Waals surface area (Å²) in [5, 5.41) is 11.5. The van der Waals surface area contributed by atoms with E-state index in [9.17, 15) is 18.5 Å². The van der Waals surface area contributed by atoms with Crippen LogP contribution in [0.15, 0.2) is 53.4 Å². The Morgan fingerprint density at radius 3 is 2.40 bits per heavy atom. The molecule has 2 aromatic rings. The molecule has 0 saturated heterocycles. The van der Waals surface area contributed by atoms with Crippen molar-refractivity contribution in [2.45, 2.75) is 17.9 Å². The SMILES string of the molecule is CS(=O)(=O)c1ccc(N(CCCN)Cc2ccccc2)c([N+](=O)[O-])c1. The topological polar surface area (TPSA) is 107 Å². The van der Waals surface area contributed by atoms with Gasteiger partial charge in [-0.25, -0.2) is 8.42 Å². The highest BCUT2D eigenvalue weighted by Crippen LogP contribution is 2.32. The van der Waals surface area contributed by atoms with Gasteiger partial charge in [-0.15, -0.1) is 0 Å². The van der Waals surface area contributed by atoms with Gasteiger partial charge in [0.05, 0.1) is 9.82 Å². The minimum absolute atomic E-state index is 0.0681. The molecule has 2 rings (SSSR count). The normalized spacial score (nSPS) is 11.3. The van der Waals surface area contributed by atoms with Crippen LogP contribution in [0.2, 0.25) is 0 Å². The van der Waals surface area contributed by atoms with E-state index in [1.54, 1.807) is 0 Å². The van der Waals surface area contributed by atoms with Crippen LogP contribution < -0.4 is 10.6 Å². The van der Waals surface area contributed by atoms with Gasteiger partial charge in [0.2, 0.25) is 0 Å². The average molecular weight is 363 g/mol. The van der Waals surface area contributed by atoms with Crippen LogP contribution in [-0.4, -0.2) is 32.7 Å². The molecule has 0 spiro atoms. The molecule has 0 aliphatic heterocycles. The van der Waals surface area contributed by atoms with E-state index in [4.69, 9.17) is 5.73 Å². The minimum Gasteiger partial charge on any atom is -0.362 e. The molecule has 0 fully saturated rings. The Hall–Kier alpha value is -2.45. The van der Waals surface area contributed by atoms with Gasteiger partial charge < -0.3 is 10.6 Å². The van der Waals surface area contributed by atoms with E-state index in [-0.39, 0.29) is 10.6 Å². The van der Waals surface area contributed by atoms with E-state index in [0.717, 1.165) is 17.9 Å². The number of anilines is 1. The van der Waals surface area contributed by atoms with Gasteiger partial charge >= 0.3 is 0 Å². The highest BCUT2D eigenvalue weighted by Gasteiger charge is 2.22. The molecule has 0 unspecified atom stereocenters. The summed E-state index contributed by atoms with van der Waals surface area (Å²) < 4.78 is 23.4. The van der Waals surface area contributed by atoms with Crippen LogP contribution in [0.5, 0.6) is 0 Å². The Kier molecular flexibility index (Phi) is 6.11. The number of nitro groups is 1. The third-order valence-electron chi connectivity index (χ3n) is 3.76. The van der Waals surface area contributed by atoms with Crippen molar-refractivity contribution in [1.82, 2.24) is 0 Å². The fraction of sp³-hybridized carbons (Fsp3) is 0.294. The molecule has 134 valence electrons. The molecular formula is C17H21N3O4S. The molecule has 0 aromatic heterocycles. The maximum absolute atomic E-state index is 11.7. The summed E-state index contributed by atoms with van der Waals surface area (Å²) in [5.74, 6) is 0. The van der Waals surface area contributed by atoms with Gasteiger partial charge in [-0.2, -0.15) is 0 Å². The van der Waals surface area contributed by atoms with Gasteiger partial charge in [0, 0.05) is 25.4 Å². The third-order valence-corrected chi connectivity index (χ3v) is 4.87. The number of hydrogen-bond donors (Lipinski definition) is 1. The standard InChI is InChI=1S/C17H21N3O4S/c1-25(23,24)15-8-9-16(17(12-15)20(21)22)19(11-5-10-18)13-14-6-3-2-4-7-14/h2-4,6-9,12H,5,10-11,13,18H2,1H3. The summed E-state index contributed by atoms with van der Waals surface area (Å²) in [4.78, 5) is 12.7. The van der Waals surface area contributed by atoms with Crippen molar-refractivity contribution in [2.75, 3.05) is 24.2 Å². The number of hydrogen-bond acceptors (Lipinski definition) is 6. The second kappa shape index (κ2) is 8.09. The van der Waals surface area contributed by atoms with Gasteiger partial charge in [0.25, 0.3) is 5.69 Å². The van der Waals surface area contributed by atoms with E-state index in [2.05, 4.69) is 0 Å². The van der Waals surface area contributed by atoms with Crippen LogP contribution in [0, 0.1) is 10.1 Å². The van der Waals surface area contributed by atoms with Crippen LogP contribution in [0.1, 0.15) is 12.0 Å². The largest absolute Gasteiger partial charge is 0.362 e. The van der Waals surface area contributed by atoms with Gasteiger partial charge in [0.1, 0.15) is 5.69 Å². The molecule has 2 N–H and O–H groups in total. The predicted molar refractivity (Wildman–Crippen MR) is 97.4 cm³/mol. The van der Waals surface area contributed by atoms with Crippen molar-refractivity contribution in [3.63, 3.8) is 0 Å². The zero-order valence-electron chi connectivity index (χ0n) is 14.0. The van der Waals surface area contributed by atoms with Crippen molar-refractivity contribution < 1.29 is 13.3 Å². The number of nitro benzene ring substituents is 1. The quantitative estimate of drug-likeness (QED) is 0.570. The van der Waals surface area contributed by atoms with E-state index >= 15 is 0 Å². The maximum Gasteiger partial charge on any atom is 0.293 e. The lowest BCUT2D eigenvalue weighted by molar-refractivity contribution is -0.384. The molecule has 25 heavy (non-hydrogen) atoms. The Bertz CT molecular complexity index is 838. The molecule has 0 radical (unpaired) electrons. The molecule has 0 saturated carbocycles. The van der Waals surface area contributed by atoms with E-state index in [1.165, 1.54) is 12.1 Å². The molecule has 0 atom stereocenters. The van der Waals surface area contributed by atoms with Gasteiger partial charge in [-0.1, -0.05) is 30.3 Å². The van der Waals surface area contributed by atoms with Crippen molar-refractivity contribution in [3.05, 3.63) is 64.2 Å². The van der Waals surface area contributed by atoms with Gasteiger partial charge in [-0.3, -0.25) is 10.1 Å². The van der Waals surface area contributed by atoms with Gasteiger partial charge in [0.15, 0.2) is 9.84 Å². The Labute approximate surface area is 147 Å². The second-order valence-electron chi connectivity index (χ2n) is 5.73. The fourth-order valence-electron chi connectivity index (χ4n) is 2.52. The highest BCUT2D eigenvalue weighted by molar-refractivity contribution is 7.90. The lowest BCUT2D eigenvalue weighted by atomic mass is 10.1. The molecule has 0 amide bonds. The number of benzene rings is 2. The lowest BCUT2D eigenvalue weighted by Crippen LogP contribution is -2.26. The molecule has 7 nitrogen and oxygen atoms in total. The molecule has 0 bridgehead atoms. The summed E-state index contributed by atoms with van der Waals surface area (Å²) in [6.07, 6.45) is 1.69. The number of sulfone groups is 1. The molecule has 0 aliphatic carbocycles. The monoisotopic (exact) mass is 363 g/mol. The van der Waals surface area contributed by atoms with Crippen LogP contribution in [-0.2, 0) is 16.4 Å². The first-order chi connectivity index (χ1) is 11.8. The van der Waals surface area contributed by atoms with Gasteiger partial charge in [-0.05, 0) is 30.7 Å². The summed E-state index contributed by atoms with van der Waals surface area (Å²) in [5.41, 5.74) is 6.75. The van der Waals surface area contributed by atoms with Crippen LogP contribution in [0.3, 0.4) is 0 Å². The van der Waals surface area contributed by atoms with E-state index in [0.29, 0.717) is 31.7 Å². The zero-order chi connectivity index (χ0) is 18.4. The molecule has 0 heterocycles. The molecule has 0 aliphatic rings. The smallest absolute Gasteiger partial charge is 0.293 e. The highest BCUT2D eigenvalue weighted by atomic mass is 32.2. The Morgan fingerprint density at radius 2 is 1.84 bits per heavy atom. The van der Waals surface area contributed by atoms with Crippen LogP contribution in [0.4, 0.5) is 11.4 Å².